The van der Waals surface area contributed by atoms with E-state index in [1.807, 2.05) is 4.90 Å². The Hall–Kier alpha value is -2.57. The van der Waals surface area contributed by atoms with Crippen molar-refractivity contribution in [2.45, 2.75) is 45.6 Å². The van der Waals surface area contributed by atoms with E-state index in [9.17, 15) is 13.6 Å². The molecule has 1 aliphatic heterocycles. The second kappa shape index (κ2) is 8.20. The van der Waals surface area contributed by atoms with Gasteiger partial charge in [0.15, 0.2) is 0 Å². The summed E-state index contributed by atoms with van der Waals surface area (Å²) >= 11 is 0. The van der Waals surface area contributed by atoms with Crippen LogP contribution in [-0.2, 0) is 5.54 Å². The lowest BCUT2D eigenvalue weighted by Gasteiger charge is -2.44. The maximum absolute atomic E-state index is 14.1. The molecule has 2 heterocycles. The minimum absolute atomic E-state index is 0.0910. The molecule has 0 bridgehead atoms. The van der Waals surface area contributed by atoms with Crippen LogP contribution in [-0.4, -0.2) is 34.2 Å². The number of carbonyl (C=O) groups excluding carboxylic acids is 1. The smallest absolute Gasteiger partial charge is 0.318 e. The molecule has 0 spiro atoms. The molecule has 28 heavy (non-hydrogen) atoms. The predicted molar refractivity (Wildman–Crippen MR) is 104 cm³/mol. The van der Waals surface area contributed by atoms with E-state index in [-0.39, 0.29) is 23.2 Å². The highest BCUT2D eigenvalue weighted by Crippen LogP contribution is 2.41. The monoisotopic (exact) mass is 388 g/mol. The Morgan fingerprint density at radius 1 is 1.18 bits per heavy atom. The molecule has 7 heteroatoms. The molecule has 1 atom stereocenters. The highest BCUT2D eigenvalue weighted by atomic mass is 19.1. The van der Waals surface area contributed by atoms with Crippen LogP contribution in [0, 0.1) is 17.6 Å². The Labute approximate surface area is 164 Å². The topological polar surface area (TPSA) is 58.1 Å². The number of urea groups is 1. The van der Waals surface area contributed by atoms with Crippen LogP contribution in [0.15, 0.2) is 30.3 Å². The van der Waals surface area contributed by atoms with E-state index in [2.05, 4.69) is 36.3 Å². The summed E-state index contributed by atoms with van der Waals surface area (Å²) in [5.41, 5.74) is -0.0216. The van der Waals surface area contributed by atoms with Crippen molar-refractivity contribution in [2.24, 2.45) is 5.92 Å². The van der Waals surface area contributed by atoms with Crippen molar-refractivity contribution >= 4 is 6.03 Å². The van der Waals surface area contributed by atoms with Gasteiger partial charge in [0.1, 0.15) is 11.6 Å². The molecule has 5 nitrogen and oxygen atoms in total. The van der Waals surface area contributed by atoms with Gasteiger partial charge in [0.05, 0.1) is 22.5 Å². The molecule has 0 radical (unpaired) electrons. The fraction of sp³-hybridized carbons (Fsp3) is 0.476. The van der Waals surface area contributed by atoms with Crippen LogP contribution in [0.3, 0.4) is 0 Å². The first kappa shape index (κ1) is 20.2. The molecule has 150 valence electrons. The molecular formula is C21H26F2N4O. The summed E-state index contributed by atoms with van der Waals surface area (Å²) in [6, 6.07) is 6.92. The third-order valence-corrected chi connectivity index (χ3v) is 5.53. The number of carbonyl (C=O) groups is 1. The minimum atomic E-state index is -0.679. The number of hydrogen-bond acceptors (Lipinski definition) is 3. The van der Waals surface area contributed by atoms with Crippen molar-refractivity contribution in [3.05, 3.63) is 47.7 Å². The second-order valence-corrected chi connectivity index (χ2v) is 7.47. The predicted octanol–water partition coefficient (Wildman–Crippen LogP) is 4.49. The van der Waals surface area contributed by atoms with Crippen LogP contribution >= 0.6 is 0 Å². The standard InChI is InChI=1S/C21H26F2N4O/c1-4-5-11-21(14(2)3,27-13-12-24-20(27)28)18-10-9-17(25-26-18)19-15(22)7-6-8-16(19)23/h6-10,14H,4-5,11-13H2,1-3H3,(H,24,28)/t21-/m0/s1. The average Bonchev–Trinajstić information content (AvgIpc) is 3.09. The molecule has 0 unspecified atom stereocenters. The lowest BCUT2D eigenvalue weighted by molar-refractivity contribution is 0.0737. The van der Waals surface area contributed by atoms with Gasteiger partial charge in [-0.15, -0.1) is 5.10 Å². The van der Waals surface area contributed by atoms with Crippen LogP contribution in [0.1, 0.15) is 45.7 Å². The number of aromatic nitrogens is 2. The first-order valence-electron chi connectivity index (χ1n) is 9.76. The summed E-state index contributed by atoms with van der Waals surface area (Å²) in [4.78, 5) is 14.3. The first-order valence-corrected chi connectivity index (χ1v) is 9.76. The van der Waals surface area contributed by atoms with Crippen molar-refractivity contribution in [2.75, 3.05) is 13.1 Å². The van der Waals surface area contributed by atoms with E-state index in [0.717, 1.165) is 19.3 Å². The maximum Gasteiger partial charge on any atom is 0.318 e. The fourth-order valence-corrected chi connectivity index (χ4v) is 4.04. The van der Waals surface area contributed by atoms with Crippen molar-refractivity contribution in [1.82, 2.24) is 20.4 Å². The van der Waals surface area contributed by atoms with E-state index in [4.69, 9.17) is 0 Å². The average molecular weight is 388 g/mol. The van der Waals surface area contributed by atoms with Crippen LogP contribution in [0.25, 0.3) is 11.3 Å². The largest absolute Gasteiger partial charge is 0.336 e. The van der Waals surface area contributed by atoms with E-state index in [0.29, 0.717) is 18.8 Å². The van der Waals surface area contributed by atoms with Crippen LogP contribution in [0.2, 0.25) is 0 Å². The van der Waals surface area contributed by atoms with Gasteiger partial charge in [-0.25, -0.2) is 13.6 Å². The molecule has 0 saturated carbocycles. The zero-order chi connectivity index (χ0) is 20.3. The van der Waals surface area contributed by atoms with Crippen molar-refractivity contribution in [1.29, 1.82) is 0 Å². The van der Waals surface area contributed by atoms with Crippen molar-refractivity contribution in [3.63, 3.8) is 0 Å². The van der Waals surface area contributed by atoms with Gasteiger partial charge in [-0.1, -0.05) is 39.7 Å². The van der Waals surface area contributed by atoms with Gasteiger partial charge in [-0.3, -0.25) is 0 Å². The third-order valence-electron chi connectivity index (χ3n) is 5.53. The normalized spacial score (nSPS) is 16.4. The Kier molecular flexibility index (Phi) is 5.91. The lowest BCUT2D eigenvalue weighted by atomic mass is 9.77. The molecule has 0 aliphatic carbocycles. The zero-order valence-electron chi connectivity index (χ0n) is 16.5. The number of nitrogens with zero attached hydrogens (tertiary/aromatic N) is 3. The van der Waals surface area contributed by atoms with Gasteiger partial charge in [-0.2, -0.15) is 5.10 Å². The fourth-order valence-electron chi connectivity index (χ4n) is 4.04. The van der Waals surface area contributed by atoms with Gasteiger partial charge < -0.3 is 10.2 Å². The molecule has 2 amide bonds. The Morgan fingerprint density at radius 3 is 2.39 bits per heavy atom. The van der Waals surface area contributed by atoms with Crippen LogP contribution in [0.4, 0.5) is 13.6 Å². The van der Waals surface area contributed by atoms with E-state index in [1.165, 1.54) is 18.2 Å². The summed E-state index contributed by atoms with van der Waals surface area (Å²) < 4.78 is 28.2. The third kappa shape index (κ3) is 3.45. The summed E-state index contributed by atoms with van der Waals surface area (Å²) in [6.07, 6.45) is 2.65. The molecule has 2 aromatic rings. The summed E-state index contributed by atoms with van der Waals surface area (Å²) in [6.45, 7) is 7.41. The number of halogens is 2. The molecule has 1 aromatic heterocycles. The van der Waals surface area contributed by atoms with Gasteiger partial charge in [0, 0.05) is 13.1 Å². The molecule has 1 fully saturated rings. The number of amides is 2. The number of rotatable bonds is 7. The first-order chi connectivity index (χ1) is 13.4. The van der Waals surface area contributed by atoms with Crippen LogP contribution < -0.4 is 5.32 Å². The minimum Gasteiger partial charge on any atom is -0.336 e. The number of unbranched alkanes of at least 4 members (excludes halogenated alkanes) is 1. The Balaban J connectivity index is 2.06. The van der Waals surface area contributed by atoms with Gasteiger partial charge in [0.2, 0.25) is 0 Å². The number of benzene rings is 1. The maximum atomic E-state index is 14.1. The van der Waals surface area contributed by atoms with Gasteiger partial charge in [-0.05, 0) is 36.6 Å². The molecule has 3 rings (SSSR count). The second-order valence-electron chi connectivity index (χ2n) is 7.47. The number of nitrogens with one attached hydrogen (secondary N) is 1. The Morgan fingerprint density at radius 2 is 1.89 bits per heavy atom. The summed E-state index contributed by atoms with van der Waals surface area (Å²) in [5.74, 6) is -1.27. The van der Waals surface area contributed by atoms with E-state index in [1.54, 1.807) is 12.1 Å². The molecular weight excluding hydrogens is 362 g/mol. The van der Waals surface area contributed by atoms with Crippen molar-refractivity contribution in [3.8, 4) is 11.3 Å². The van der Waals surface area contributed by atoms with E-state index < -0.39 is 17.2 Å². The Bertz CT molecular complexity index is 821. The quantitative estimate of drug-likeness (QED) is 0.760. The highest BCUT2D eigenvalue weighted by molar-refractivity contribution is 5.77. The summed E-state index contributed by atoms with van der Waals surface area (Å²) in [7, 11) is 0. The highest BCUT2D eigenvalue weighted by Gasteiger charge is 2.46. The SMILES string of the molecule is CCCC[C@@](c1ccc(-c2c(F)cccc2F)nn1)(C(C)C)N1CCNC1=O. The lowest BCUT2D eigenvalue weighted by Crippen LogP contribution is -2.52. The molecule has 1 saturated heterocycles. The van der Waals surface area contributed by atoms with Gasteiger partial charge in [0.25, 0.3) is 0 Å². The van der Waals surface area contributed by atoms with Crippen molar-refractivity contribution < 1.29 is 13.6 Å². The van der Waals surface area contributed by atoms with E-state index >= 15 is 0 Å². The molecule has 1 aromatic carbocycles. The zero-order valence-corrected chi connectivity index (χ0v) is 16.5. The van der Waals surface area contributed by atoms with Gasteiger partial charge >= 0.3 is 6.03 Å². The summed E-state index contributed by atoms with van der Waals surface area (Å²) in [5, 5.41) is 11.4. The molecule has 1 aliphatic rings. The van der Waals surface area contributed by atoms with Crippen LogP contribution in [0.5, 0.6) is 0 Å². The molecule has 1 N–H and O–H groups in total. The number of hydrogen-bond donors (Lipinski definition) is 1.